The monoisotopic (exact) mass is 718 g/mol. The molecule has 39 heavy (non-hydrogen) atoms. The first kappa shape index (κ1) is 28.8. The van der Waals surface area contributed by atoms with Crippen LogP contribution in [-0.2, 0) is 26.0 Å². The lowest BCUT2D eigenvalue weighted by molar-refractivity contribution is -0.142. The van der Waals surface area contributed by atoms with Crippen LogP contribution in [0.2, 0.25) is 0 Å². The second-order valence-corrected chi connectivity index (χ2v) is 12.4. The summed E-state index contributed by atoms with van der Waals surface area (Å²) >= 11 is 5.32. The topological polar surface area (TPSA) is 102 Å². The maximum absolute atomic E-state index is 13.4. The van der Waals surface area contributed by atoms with Crippen molar-refractivity contribution in [2.45, 2.75) is 17.4 Å². The number of carbonyl (C=O) groups is 2. The Hall–Kier alpha value is -3.22. The van der Waals surface area contributed by atoms with E-state index in [1.54, 1.807) is 24.3 Å². The summed E-state index contributed by atoms with van der Waals surface area (Å²) in [6.45, 7) is 0. The van der Waals surface area contributed by atoms with E-state index in [1.165, 1.54) is 25.3 Å². The molecule has 4 rings (SSSR count). The summed E-state index contributed by atoms with van der Waals surface area (Å²) in [5.41, 5.74) is 3.09. The normalized spacial score (nSPS) is 11.9. The number of hydrogen-bond donors (Lipinski definition) is 2. The molecule has 0 heterocycles. The van der Waals surface area contributed by atoms with Gasteiger partial charge in [0, 0.05) is 14.5 Å². The lowest BCUT2D eigenvalue weighted by Crippen LogP contribution is -2.43. The van der Waals surface area contributed by atoms with Crippen molar-refractivity contribution in [2.24, 2.45) is 0 Å². The van der Waals surface area contributed by atoms with Crippen molar-refractivity contribution in [3.63, 3.8) is 0 Å². The van der Waals surface area contributed by atoms with E-state index in [9.17, 15) is 18.0 Å². The SMILES string of the molecule is COC(=O)[C@H](Cc1ccc(-c2ccccc2)cc1)NC(=O)c1cc(I)ccc1NS(=O)(=O)c1ccc(Br)cc1. The lowest BCUT2D eigenvalue weighted by atomic mass is 10.0. The number of methoxy groups -OCH3 is 1. The van der Waals surface area contributed by atoms with Gasteiger partial charge in [0.1, 0.15) is 6.04 Å². The summed E-state index contributed by atoms with van der Waals surface area (Å²) in [5.74, 6) is -1.23. The van der Waals surface area contributed by atoms with Crippen molar-refractivity contribution in [1.29, 1.82) is 0 Å². The van der Waals surface area contributed by atoms with Gasteiger partial charge in [0.15, 0.2) is 0 Å². The van der Waals surface area contributed by atoms with Crippen LogP contribution in [0.3, 0.4) is 0 Å². The molecule has 10 heteroatoms. The van der Waals surface area contributed by atoms with E-state index in [2.05, 4.69) is 26.0 Å². The van der Waals surface area contributed by atoms with Gasteiger partial charge < -0.3 is 10.1 Å². The second kappa shape index (κ2) is 12.8. The van der Waals surface area contributed by atoms with E-state index in [0.29, 0.717) is 0 Å². The Morgan fingerprint density at radius 3 is 2.18 bits per heavy atom. The molecule has 0 aliphatic rings. The molecule has 4 aromatic carbocycles. The van der Waals surface area contributed by atoms with Crippen molar-refractivity contribution < 1.29 is 22.7 Å². The minimum atomic E-state index is -3.97. The van der Waals surface area contributed by atoms with Gasteiger partial charge in [-0.3, -0.25) is 9.52 Å². The van der Waals surface area contributed by atoms with Gasteiger partial charge >= 0.3 is 5.97 Å². The highest BCUT2D eigenvalue weighted by molar-refractivity contribution is 14.1. The van der Waals surface area contributed by atoms with Crippen LogP contribution in [0.4, 0.5) is 5.69 Å². The van der Waals surface area contributed by atoms with Crippen LogP contribution in [-0.4, -0.2) is 33.4 Å². The van der Waals surface area contributed by atoms with E-state index in [-0.39, 0.29) is 22.6 Å². The molecule has 0 aliphatic heterocycles. The molecule has 2 N–H and O–H groups in total. The third-order valence-corrected chi connectivity index (χ3v) is 8.47. The fourth-order valence-corrected chi connectivity index (χ4v) is 5.72. The highest BCUT2D eigenvalue weighted by Gasteiger charge is 2.25. The minimum absolute atomic E-state index is 0.0435. The van der Waals surface area contributed by atoms with Gasteiger partial charge in [-0.25, -0.2) is 13.2 Å². The second-order valence-electron chi connectivity index (χ2n) is 8.57. The van der Waals surface area contributed by atoms with Crippen LogP contribution in [0.25, 0.3) is 11.1 Å². The molecule has 0 spiro atoms. The largest absolute Gasteiger partial charge is 0.467 e. The van der Waals surface area contributed by atoms with Gasteiger partial charge in [-0.1, -0.05) is 70.5 Å². The predicted octanol–water partition coefficient (Wildman–Crippen LogP) is 6.04. The van der Waals surface area contributed by atoms with Crippen LogP contribution in [0, 0.1) is 3.57 Å². The number of sulfonamides is 1. The van der Waals surface area contributed by atoms with E-state index in [4.69, 9.17) is 4.74 Å². The molecule has 7 nitrogen and oxygen atoms in total. The number of esters is 1. The molecule has 0 bridgehead atoms. The summed E-state index contributed by atoms with van der Waals surface area (Å²) in [7, 11) is -2.72. The van der Waals surface area contributed by atoms with Gasteiger partial charge in [0.2, 0.25) is 0 Å². The smallest absolute Gasteiger partial charge is 0.328 e. The molecular formula is C29H24BrIN2O5S. The van der Waals surface area contributed by atoms with Crippen LogP contribution in [0.15, 0.2) is 106 Å². The van der Waals surface area contributed by atoms with Crippen LogP contribution < -0.4 is 10.0 Å². The van der Waals surface area contributed by atoms with E-state index >= 15 is 0 Å². The summed E-state index contributed by atoms with van der Waals surface area (Å²) < 4.78 is 34.9. The Labute approximate surface area is 249 Å². The number of amides is 1. The van der Waals surface area contributed by atoms with Crippen LogP contribution in [0.5, 0.6) is 0 Å². The number of rotatable bonds is 9. The number of nitrogens with one attached hydrogen (secondary N) is 2. The van der Waals surface area contributed by atoms with E-state index in [1.807, 2.05) is 77.2 Å². The first-order chi connectivity index (χ1) is 18.7. The van der Waals surface area contributed by atoms with Crippen molar-refractivity contribution >= 4 is 66.1 Å². The third kappa shape index (κ3) is 7.46. The Balaban J connectivity index is 1.55. The number of carbonyl (C=O) groups excluding carboxylic acids is 2. The van der Waals surface area contributed by atoms with E-state index < -0.39 is 27.9 Å². The summed E-state index contributed by atoms with van der Waals surface area (Å²) in [5, 5.41) is 2.72. The minimum Gasteiger partial charge on any atom is -0.467 e. The Kier molecular flexibility index (Phi) is 9.41. The first-order valence-corrected chi connectivity index (χ1v) is 15.1. The van der Waals surface area contributed by atoms with Gasteiger partial charge in [-0.2, -0.15) is 0 Å². The summed E-state index contributed by atoms with van der Waals surface area (Å²) in [6, 6.07) is 27.5. The number of anilines is 1. The molecular weight excluding hydrogens is 695 g/mol. The van der Waals surface area contributed by atoms with Gasteiger partial charge in [-0.05, 0) is 81.7 Å². The summed E-state index contributed by atoms with van der Waals surface area (Å²) in [4.78, 5) is 26.0. The van der Waals surface area contributed by atoms with Gasteiger partial charge in [0.25, 0.3) is 15.9 Å². The Morgan fingerprint density at radius 1 is 0.897 bits per heavy atom. The quantitative estimate of drug-likeness (QED) is 0.163. The van der Waals surface area contributed by atoms with Crippen molar-refractivity contribution in [3.8, 4) is 11.1 Å². The Bertz CT molecular complexity index is 1580. The zero-order chi connectivity index (χ0) is 28.0. The number of halogens is 2. The highest BCUT2D eigenvalue weighted by Crippen LogP contribution is 2.24. The number of hydrogen-bond acceptors (Lipinski definition) is 5. The van der Waals surface area contributed by atoms with Crippen LogP contribution >= 0.6 is 38.5 Å². The average molecular weight is 719 g/mol. The standard InChI is InChI=1S/C29H24BrIN2O5S/c1-38-29(35)27(17-19-7-9-21(10-8-19)20-5-3-2-4-6-20)32-28(34)25-18-23(31)13-16-26(25)33-39(36,37)24-14-11-22(30)12-15-24/h2-16,18,27,33H,17H2,1H3,(H,32,34)/t27-/m0/s1. The third-order valence-electron chi connectivity index (χ3n) is 5.89. The van der Waals surface area contributed by atoms with Crippen molar-refractivity contribution in [2.75, 3.05) is 11.8 Å². The fraction of sp³-hybridized carbons (Fsp3) is 0.103. The summed E-state index contributed by atoms with van der Waals surface area (Å²) in [6.07, 6.45) is 0.192. The molecule has 1 atom stereocenters. The van der Waals surface area contributed by atoms with Crippen LogP contribution in [0.1, 0.15) is 15.9 Å². The molecule has 0 aromatic heterocycles. The highest BCUT2D eigenvalue weighted by atomic mass is 127. The molecule has 0 saturated heterocycles. The molecule has 200 valence electrons. The van der Waals surface area contributed by atoms with E-state index in [0.717, 1.165) is 24.7 Å². The molecule has 0 aliphatic carbocycles. The first-order valence-electron chi connectivity index (χ1n) is 11.8. The Morgan fingerprint density at radius 2 is 1.54 bits per heavy atom. The lowest BCUT2D eigenvalue weighted by Gasteiger charge is -2.19. The maximum Gasteiger partial charge on any atom is 0.328 e. The molecule has 0 fully saturated rings. The molecule has 4 aromatic rings. The molecule has 0 saturated carbocycles. The van der Waals surface area contributed by atoms with Gasteiger partial charge in [0.05, 0.1) is 23.3 Å². The number of ether oxygens (including phenoxy) is 1. The molecule has 0 unspecified atom stereocenters. The zero-order valence-electron chi connectivity index (χ0n) is 20.7. The molecule has 0 radical (unpaired) electrons. The van der Waals surface area contributed by atoms with Gasteiger partial charge in [-0.15, -0.1) is 0 Å². The van der Waals surface area contributed by atoms with Crippen molar-refractivity contribution in [1.82, 2.24) is 5.32 Å². The predicted molar refractivity (Wildman–Crippen MR) is 163 cm³/mol. The fourth-order valence-electron chi connectivity index (χ4n) is 3.88. The van der Waals surface area contributed by atoms with Crippen molar-refractivity contribution in [3.05, 3.63) is 116 Å². The maximum atomic E-state index is 13.4. The molecule has 1 amide bonds. The number of benzene rings is 4. The average Bonchev–Trinajstić information content (AvgIpc) is 2.94. The zero-order valence-corrected chi connectivity index (χ0v) is 25.3.